The molecule has 0 atom stereocenters. The number of carbonyl (C=O) groups excluding carboxylic acids is 1. The number of carbonyl (C=O) groups is 1. The van der Waals surface area contributed by atoms with E-state index in [1.807, 2.05) is 35.2 Å². The summed E-state index contributed by atoms with van der Waals surface area (Å²) in [5, 5.41) is 3.46. The average Bonchev–Trinajstić information content (AvgIpc) is 3.72. The third-order valence-corrected chi connectivity index (χ3v) is 7.80. The van der Waals surface area contributed by atoms with E-state index in [9.17, 15) is 9.59 Å². The molecular weight excluding hydrogens is 426 g/mol. The Labute approximate surface area is 190 Å². The van der Waals surface area contributed by atoms with Crippen molar-refractivity contribution in [3.8, 4) is 5.69 Å². The first kappa shape index (κ1) is 20.8. The maximum atomic E-state index is 13.6. The van der Waals surface area contributed by atoms with Gasteiger partial charge in [0.1, 0.15) is 4.83 Å². The van der Waals surface area contributed by atoms with Gasteiger partial charge in [-0.3, -0.25) is 14.2 Å². The lowest BCUT2D eigenvalue weighted by atomic mass is 10.1. The van der Waals surface area contributed by atoms with Crippen LogP contribution in [0.4, 0.5) is 0 Å². The third-order valence-electron chi connectivity index (χ3n) is 5.98. The number of fused-ring (bicyclic) bond motifs is 1. The van der Waals surface area contributed by atoms with Crippen molar-refractivity contribution in [2.75, 3.05) is 18.8 Å². The van der Waals surface area contributed by atoms with Gasteiger partial charge in [-0.25, -0.2) is 4.98 Å². The lowest BCUT2D eigenvalue weighted by molar-refractivity contribution is -0.128. The zero-order valence-corrected chi connectivity index (χ0v) is 19.4. The first-order chi connectivity index (χ1) is 15.2. The van der Waals surface area contributed by atoms with Crippen LogP contribution in [0.25, 0.3) is 15.9 Å². The van der Waals surface area contributed by atoms with Crippen molar-refractivity contribution in [3.63, 3.8) is 0 Å². The van der Waals surface area contributed by atoms with E-state index >= 15 is 0 Å². The monoisotopic (exact) mass is 453 g/mol. The van der Waals surface area contributed by atoms with Gasteiger partial charge in [-0.1, -0.05) is 36.9 Å². The molecule has 2 aliphatic carbocycles. The smallest absolute Gasteiger partial charge is 0.267 e. The molecule has 5 rings (SSSR count). The molecule has 1 amide bonds. The largest absolute Gasteiger partial charge is 0.342 e. The Hall–Kier alpha value is -2.12. The summed E-state index contributed by atoms with van der Waals surface area (Å²) in [5.74, 6) is 1.61. The SMILES string of the molecule is CCCN(CC1CC1)C(=O)CSc1nc2scc(C3CC3)c2c(=O)n1-c1ccccc1. The van der Waals surface area contributed by atoms with Gasteiger partial charge in [0.25, 0.3) is 5.56 Å². The fourth-order valence-electron chi connectivity index (χ4n) is 4.01. The van der Waals surface area contributed by atoms with E-state index < -0.39 is 0 Å². The highest BCUT2D eigenvalue weighted by Crippen LogP contribution is 2.44. The van der Waals surface area contributed by atoms with Crippen molar-refractivity contribution >= 4 is 39.2 Å². The molecule has 0 aliphatic heterocycles. The summed E-state index contributed by atoms with van der Waals surface area (Å²) >= 11 is 2.93. The summed E-state index contributed by atoms with van der Waals surface area (Å²) in [6.07, 6.45) is 5.72. The van der Waals surface area contributed by atoms with Gasteiger partial charge in [0.2, 0.25) is 5.91 Å². The van der Waals surface area contributed by atoms with Gasteiger partial charge in [-0.15, -0.1) is 11.3 Å². The molecule has 7 heteroatoms. The first-order valence-corrected chi connectivity index (χ1v) is 13.0. The molecule has 2 saturated carbocycles. The molecule has 0 spiro atoms. The molecule has 1 aromatic carbocycles. The van der Waals surface area contributed by atoms with E-state index in [2.05, 4.69) is 12.3 Å². The summed E-state index contributed by atoms with van der Waals surface area (Å²) in [6, 6.07) is 9.66. The van der Waals surface area contributed by atoms with Crippen molar-refractivity contribution in [2.24, 2.45) is 5.92 Å². The molecular formula is C24H27N3O2S2. The Bertz CT molecular complexity index is 1150. The Balaban J connectivity index is 1.48. The molecule has 0 N–H and O–H groups in total. The Morgan fingerprint density at radius 1 is 1.23 bits per heavy atom. The predicted molar refractivity (Wildman–Crippen MR) is 128 cm³/mol. The molecule has 2 aromatic heterocycles. The first-order valence-electron chi connectivity index (χ1n) is 11.2. The van der Waals surface area contributed by atoms with Crippen LogP contribution in [-0.2, 0) is 4.79 Å². The topological polar surface area (TPSA) is 55.2 Å². The van der Waals surface area contributed by atoms with Crippen LogP contribution in [0.2, 0.25) is 0 Å². The number of para-hydroxylation sites is 1. The molecule has 5 nitrogen and oxygen atoms in total. The average molecular weight is 454 g/mol. The van der Waals surface area contributed by atoms with Gasteiger partial charge in [-0.2, -0.15) is 0 Å². The van der Waals surface area contributed by atoms with Crippen molar-refractivity contribution in [3.05, 3.63) is 51.6 Å². The highest BCUT2D eigenvalue weighted by Gasteiger charge is 2.30. The van der Waals surface area contributed by atoms with E-state index in [-0.39, 0.29) is 11.5 Å². The van der Waals surface area contributed by atoms with Crippen LogP contribution in [0.5, 0.6) is 0 Å². The Morgan fingerprint density at radius 2 is 2.00 bits per heavy atom. The van der Waals surface area contributed by atoms with Gasteiger partial charge in [0, 0.05) is 13.1 Å². The minimum Gasteiger partial charge on any atom is -0.342 e. The lowest BCUT2D eigenvalue weighted by Gasteiger charge is -2.22. The second-order valence-electron chi connectivity index (χ2n) is 8.59. The number of amides is 1. The summed E-state index contributed by atoms with van der Waals surface area (Å²) in [4.78, 5) is 34.2. The van der Waals surface area contributed by atoms with Crippen LogP contribution < -0.4 is 5.56 Å². The number of thiophene rings is 1. The highest BCUT2D eigenvalue weighted by molar-refractivity contribution is 7.99. The zero-order valence-electron chi connectivity index (χ0n) is 17.8. The van der Waals surface area contributed by atoms with Crippen LogP contribution >= 0.6 is 23.1 Å². The standard InChI is InChI=1S/C24H27N3O2S2/c1-2-12-26(13-16-8-9-16)20(28)15-31-24-25-22-21(19(14-30-22)17-10-11-17)23(29)27(24)18-6-4-3-5-7-18/h3-7,14,16-17H,2,8-13,15H2,1H3. The second kappa shape index (κ2) is 8.79. The zero-order chi connectivity index (χ0) is 21.4. The lowest BCUT2D eigenvalue weighted by Crippen LogP contribution is -2.35. The molecule has 162 valence electrons. The van der Waals surface area contributed by atoms with Crippen LogP contribution in [-0.4, -0.2) is 39.2 Å². The van der Waals surface area contributed by atoms with Crippen LogP contribution in [0.15, 0.2) is 45.7 Å². The molecule has 2 fully saturated rings. The van der Waals surface area contributed by atoms with E-state index in [0.717, 1.165) is 53.8 Å². The number of benzene rings is 1. The van der Waals surface area contributed by atoms with E-state index in [1.54, 1.807) is 15.9 Å². The van der Waals surface area contributed by atoms with Crippen molar-refractivity contribution < 1.29 is 4.79 Å². The van der Waals surface area contributed by atoms with Gasteiger partial charge >= 0.3 is 0 Å². The summed E-state index contributed by atoms with van der Waals surface area (Å²) in [6.45, 7) is 3.77. The quantitative estimate of drug-likeness (QED) is 0.335. The van der Waals surface area contributed by atoms with Crippen LogP contribution in [0, 0.1) is 5.92 Å². The van der Waals surface area contributed by atoms with Gasteiger partial charge in [0.15, 0.2) is 5.16 Å². The van der Waals surface area contributed by atoms with E-state index in [4.69, 9.17) is 4.98 Å². The molecule has 0 bridgehead atoms. The molecule has 0 radical (unpaired) electrons. The normalized spacial score (nSPS) is 16.0. The summed E-state index contributed by atoms with van der Waals surface area (Å²) in [7, 11) is 0. The van der Waals surface area contributed by atoms with Crippen molar-refractivity contribution in [1.82, 2.24) is 14.5 Å². The second-order valence-corrected chi connectivity index (χ2v) is 10.4. The highest BCUT2D eigenvalue weighted by atomic mass is 32.2. The number of hydrogen-bond acceptors (Lipinski definition) is 5. The maximum absolute atomic E-state index is 13.6. The molecule has 31 heavy (non-hydrogen) atoms. The number of thioether (sulfide) groups is 1. The maximum Gasteiger partial charge on any atom is 0.267 e. The fourth-order valence-corrected chi connectivity index (χ4v) is 5.98. The molecule has 3 aromatic rings. The van der Waals surface area contributed by atoms with E-state index in [1.165, 1.54) is 24.6 Å². The van der Waals surface area contributed by atoms with E-state index in [0.29, 0.717) is 22.7 Å². The third kappa shape index (κ3) is 4.44. The van der Waals surface area contributed by atoms with Crippen LogP contribution in [0.1, 0.15) is 50.5 Å². The van der Waals surface area contributed by atoms with Crippen molar-refractivity contribution in [2.45, 2.75) is 50.1 Å². The number of hydrogen-bond donors (Lipinski definition) is 0. The molecule has 0 saturated heterocycles. The predicted octanol–water partition coefficient (Wildman–Crippen LogP) is 5.07. The van der Waals surface area contributed by atoms with Gasteiger partial charge in [-0.05, 0) is 67.0 Å². The summed E-state index contributed by atoms with van der Waals surface area (Å²) < 4.78 is 1.70. The number of aromatic nitrogens is 2. The summed E-state index contributed by atoms with van der Waals surface area (Å²) in [5.41, 5.74) is 1.93. The molecule has 2 heterocycles. The number of nitrogens with zero attached hydrogens (tertiary/aromatic N) is 3. The van der Waals surface area contributed by atoms with Gasteiger partial charge < -0.3 is 4.90 Å². The Kier molecular flexibility index (Phi) is 5.89. The molecule has 2 aliphatic rings. The molecule has 0 unspecified atom stereocenters. The minimum atomic E-state index is -0.0160. The fraction of sp³-hybridized carbons (Fsp3) is 0.458. The Morgan fingerprint density at radius 3 is 2.68 bits per heavy atom. The van der Waals surface area contributed by atoms with Crippen LogP contribution in [0.3, 0.4) is 0 Å². The van der Waals surface area contributed by atoms with Crippen molar-refractivity contribution in [1.29, 1.82) is 0 Å². The minimum absolute atomic E-state index is 0.0160. The van der Waals surface area contributed by atoms with Gasteiger partial charge in [0.05, 0.1) is 16.8 Å². The number of rotatable bonds is 9.